The molecule has 15 atom stereocenters. The molecule has 9 aliphatic heterocycles. The fourth-order valence-electron chi connectivity index (χ4n) is 9.13. The van der Waals surface area contributed by atoms with Crippen LogP contribution in [0.3, 0.4) is 0 Å². The van der Waals surface area contributed by atoms with E-state index in [4.69, 9.17) is 56.8 Å². The Bertz CT molecular complexity index is 956. The lowest BCUT2D eigenvalue weighted by Crippen LogP contribution is -2.57. The smallest absolute Gasteiger partial charge is 0.119 e. The molecule has 15 unspecified atom stereocenters. The first-order valence-corrected chi connectivity index (χ1v) is 22.7. The molecule has 9 saturated heterocycles. The maximum atomic E-state index is 6.60. The quantitative estimate of drug-likeness (QED) is 0.224. The molecule has 0 aromatic rings. The molecule has 6 bridgehead atoms. The van der Waals surface area contributed by atoms with Gasteiger partial charge in [0.25, 0.3) is 0 Å². The molecule has 9 rings (SSSR count). The summed E-state index contributed by atoms with van der Waals surface area (Å²) < 4.78 is 72.0. The van der Waals surface area contributed by atoms with Gasteiger partial charge in [-0.3, -0.25) is 0 Å². The lowest BCUT2D eigenvalue weighted by Gasteiger charge is -2.48. The molecule has 0 N–H and O–H groups in total. The molecular formula is C38H68O12S3. The molecule has 9 aliphatic rings. The van der Waals surface area contributed by atoms with Gasteiger partial charge in [0.15, 0.2) is 0 Å². The third-order valence-corrected chi connectivity index (χ3v) is 15.1. The van der Waals surface area contributed by atoms with Crippen LogP contribution in [0.5, 0.6) is 0 Å². The largest absolute Gasteiger partial charge is 0.379 e. The summed E-state index contributed by atoms with van der Waals surface area (Å²) in [7, 11) is 14.1. The van der Waals surface area contributed by atoms with Gasteiger partial charge in [-0.25, -0.2) is 0 Å². The third kappa shape index (κ3) is 11.6. The van der Waals surface area contributed by atoms with E-state index in [1.165, 1.54) is 12.8 Å². The van der Waals surface area contributed by atoms with Crippen LogP contribution < -0.4 is 0 Å². The second-order valence-electron chi connectivity index (χ2n) is 14.9. The Hall–Kier alpha value is 0.570. The van der Waals surface area contributed by atoms with E-state index in [-0.39, 0.29) is 83.7 Å². The molecule has 9 fully saturated rings. The van der Waals surface area contributed by atoms with E-state index in [0.717, 1.165) is 76.9 Å². The minimum atomic E-state index is -0.151. The Kier molecular flexibility index (Phi) is 20.1. The van der Waals surface area contributed by atoms with Crippen molar-refractivity contribution in [1.29, 1.82) is 0 Å². The van der Waals surface area contributed by atoms with Gasteiger partial charge in [-0.2, -0.15) is 12.6 Å². The molecule has 0 saturated carbocycles. The van der Waals surface area contributed by atoms with Crippen LogP contribution in [0.4, 0.5) is 0 Å². The first-order valence-electron chi connectivity index (χ1n) is 19.8. The second kappa shape index (κ2) is 23.8. The van der Waals surface area contributed by atoms with Crippen molar-refractivity contribution in [3.05, 3.63) is 0 Å². The Balaban J connectivity index is 0.000000241. The fourth-order valence-corrected chi connectivity index (χ4v) is 12.7. The monoisotopic (exact) mass is 812 g/mol. The zero-order valence-electron chi connectivity index (χ0n) is 32.8. The summed E-state index contributed by atoms with van der Waals surface area (Å²) in [4.78, 5) is 0. The summed E-state index contributed by atoms with van der Waals surface area (Å²) in [6, 6.07) is 0. The summed E-state index contributed by atoms with van der Waals surface area (Å²) in [6.07, 6.45) is 10.4. The highest BCUT2D eigenvalue weighted by Gasteiger charge is 2.50. The van der Waals surface area contributed by atoms with E-state index in [2.05, 4.69) is 12.6 Å². The molecule has 9 heterocycles. The van der Waals surface area contributed by atoms with E-state index in [1.54, 1.807) is 64.2 Å². The zero-order valence-corrected chi connectivity index (χ0v) is 35.4. The van der Waals surface area contributed by atoms with E-state index in [1.807, 2.05) is 0 Å². The number of ether oxygens (including phenoxy) is 12. The van der Waals surface area contributed by atoms with Crippen molar-refractivity contribution in [1.82, 2.24) is 0 Å². The molecule has 0 aromatic carbocycles. The van der Waals surface area contributed by atoms with Crippen molar-refractivity contribution >= 4 is 34.2 Å². The molecular weight excluding hydrogens is 745 g/mol. The van der Waals surface area contributed by atoms with Gasteiger partial charge in [-0.1, -0.05) is 47.3 Å². The molecule has 0 aromatic heterocycles. The van der Waals surface area contributed by atoms with Crippen molar-refractivity contribution in [2.24, 2.45) is 17.8 Å². The van der Waals surface area contributed by atoms with Gasteiger partial charge >= 0.3 is 0 Å². The lowest BCUT2D eigenvalue weighted by molar-refractivity contribution is -0.222. The SMILES string of the molecule is COC1C2COCCCCC(C(SSC3OC4COCCCCC3C(OC)C4OC)O2)C1OC.COC1C2COCCCCCC(C(CS)O2)C1OC. The molecule has 12 nitrogen and oxygen atoms in total. The molecule has 0 spiro atoms. The van der Waals surface area contributed by atoms with Gasteiger partial charge in [0, 0.05) is 86.0 Å². The number of methoxy groups -OCH3 is 6. The standard InChI is InChI=1S/C24H42O8S2.C14H26O4S/c1-25-19-15-9-5-7-11-29-13-17(21(19)27-3)31-23(15)33-34-24-16-10-6-8-12-30-14-18(32-24)22(28-4)20(16)26-2;1-15-13-10-6-4-3-5-7-17-8-11(14(13)16-2)18-12(10)9-19/h15-24H,5-14H2,1-4H3;10-14,19H,3-9H2,1-2H3. The van der Waals surface area contributed by atoms with Crippen molar-refractivity contribution in [3.8, 4) is 0 Å². The van der Waals surface area contributed by atoms with E-state index >= 15 is 0 Å². The maximum Gasteiger partial charge on any atom is 0.119 e. The average molecular weight is 813 g/mol. The third-order valence-electron chi connectivity index (χ3n) is 11.9. The minimum absolute atomic E-state index is 0.0250. The highest BCUT2D eigenvalue weighted by atomic mass is 33.1. The Morgan fingerprint density at radius 2 is 0.811 bits per heavy atom. The summed E-state index contributed by atoms with van der Waals surface area (Å²) in [5.41, 5.74) is -0.0536. The van der Waals surface area contributed by atoms with Gasteiger partial charge in [0.2, 0.25) is 0 Å². The van der Waals surface area contributed by atoms with Crippen molar-refractivity contribution < 1.29 is 56.8 Å². The van der Waals surface area contributed by atoms with E-state index in [0.29, 0.717) is 25.7 Å². The van der Waals surface area contributed by atoms with Crippen molar-refractivity contribution in [3.63, 3.8) is 0 Å². The fraction of sp³-hybridized carbons (Fsp3) is 1.00. The van der Waals surface area contributed by atoms with Crippen LogP contribution in [-0.4, -0.2) is 160 Å². The zero-order chi connectivity index (χ0) is 37.6. The van der Waals surface area contributed by atoms with Crippen molar-refractivity contribution in [2.45, 2.75) is 136 Å². The molecule has 0 aliphatic carbocycles. The van der Waals surface area contributed by atoms with Crippen LogP contribution in [0.15, 0.2) is 0 Å². The van der Waals surface area contributed by atoms with E-state index in [9.17, 15) is 0 Å². The molecule has 310 valence electrons. The van der Waals surface area contributed by atoms with Gasteiger partial charge < -0.3 is 56.8 Å². The van der Waals surface area contributed by atoms with Crippen LogP contribution >= 0.6 is 34.2 Å². The number of hydrogen-bond donors (Lipinski definition) is 1. The van der Waals surface area contributed by atoms with Gasteiger partial charge in [-0.15, -0.1) is 0 Å². The van der Waals surface area contributed by atoms with Gasteiger partial charge in [0.1, 0.15) is 47.5 Å². The van der Waals surface area contributed by atoms with Gasteiger partial charge in [-0.05, 0) is 38.5 Å². The van der Waals surface area contributed by atoms with Gasteiger partial charge in [0.05, 0.1) is 44.2 Å². The molecule has 0 amide bonds. The average Bonchev–Trinajstić information content (AvgIpc) is 3.27. The molecule has 0 radical (unpaired) electrons. The van der Waals surface area contributed by atoms with Crippen LogP contribution in [0, 0.1) is 17.8 Å². The van der Waals surface area contributed by atoms with E-state index < -0.39 is 0 Å². The highest BCUT2D eigenvalue weighted by Crippen LogP contribution is 2.49. The van der Waals surface area contributed by atoms with Crippen LogP contribution in [-0.2, 0) is 56.8 Å². The molecule has 15 heteroatoms. The summed E-state index contributed by atoms with van der Waals surface area (Å²) in [6.45, 7) is 3.98. The van der Waals surface area contributed by atoms with Crippen LogP contribution in [0.25, 0.3) is 0 Å². The predicted molar refractivity (Wildman–Crippen MR) is 209 cm³/mol. The normalized spacial score (nSPS) is 43.0. The molecule has 53 heavy (non-hydrogen) atoms. The first kappa shape index (κ1) is 44.7. The number of rotatable bonds is 10. The number of fused-ring (bicyclic) bond motifs is 22. The second-order valence-corrected chi connectivity index (χ2v) is 17.8. The Labute approximate surface area is 331 Å². The summed E-state index contributed by atoms with van der Waals surface area (Å²) in [5.74, 6) is 1.57. The van der Waals surface area contributed by atoms with Crippen LogP contribution in [0.2, 0.25) is 0 Å². The maximum absolute atomic E-state index is 6.60. The summed E-state index contributed by atoms with van der Waals surface area (Å²) in [5, 5.41) is 0. The first-order chi connectivity index (χ1) is 26.0. The van der Waals surface area contributed by atoms with Crippen molar-refractivity contribution in [2.75, 3.05) is 88.1 Å². The highest BCUT2D eigenvalue weighted by molar-refractivity contribution is 8.77. The van der Waals surface area contributed by atoms with Crippen LogP contribution in [0.1, 0.15) is 64.2 Å². The summed E-state index contributed by atoms with van der Waals surface area (Å²) >= 11 is 4.45. The Morgan fingerprint density at radius 1 is 0.453 bits per heavy atom. The number of hydrogen-bond acceptors (Lipinski definition) is 15. The topological polar surface area (TPSA) is 111 Å². The Morgan fingerprint density at radius 3 is 1.23 bits per heavy atom. The minimum Gasteiger partial charge on any atom is -0.379 e. The number of thiol groups is 1. The predicted octanol–water partition coefficient (Wildman–Crippen LogP) is 5.43. The lowest BCUT2D eigenvalue weighted by atomic mass is 9.83.